The van der Waals surface area contributed by atoms with Crippen molar-refractivity contribution in [2.24, 2.45) is 5.92 Å². The quantitative estimate of drug-likeness (QED) is 0.336. The summed E-state index contributed by atoms with van der Waals surface area (Å²) in [7, 11) is 0. The summed E-state index contributed by atoms with van der Waals surface area (Å²) in [5.41, 5.74) is 2.36. The van der Waals surface area contributed by atoms with Gasteiger partial charge in [-0.05, 0) is 48.6 Å². The molecule has 0 aliphatic carbocycles. The van der Waals surface area contributed by atoms with Gasteiger partial charge in [0.2, 0.25) is 11.0 Å². The van der Waals surface area contributed by atoms with E-state index in [-0.39, 0.29) is 23.5 Å². The van der Waals surface area contributed by atoms with Gasteiger partial charge in [-0.25, -0.2) is 4.39 Å². The molecule has 32 heavy (non-hydrogen) atoms. The second-order valence-corrected chi connectivity index (χ2v) is 9.95. The number of halogens is 1. The van der Waals surface area contributed by atoms with Crippen LogP contribution >= 0.6 is 23.1 Å². The number of amides is 2. The van der Waals surface area contributed by atoms with Gasteiger partial charge in [0, 0.05) is 11.3 Å². The highest BCUT2D eigenvalue weighted by atomic mass is 32.2. The Hall–Kier alpha value is -2.78. The minimum atomic E-state index is -0.693. The van der Waals surface area contributed by atoms with Crippen LogP contribution in [0, 0.1) is 18.7 Å². The van der Waals surface area contributed by atoms with E-state index < -0.39 is 6.04 Å². The molecule has 1 heterocycles. The van der Waals surface area contributed by atoms with Crippen molar-refractivity contribution < 1.29 is 14.0 Å². The summed E-state index contributed by atoms with van der Waals surface area (Å²) in [4.78, 5) is 25.6. The molecule has 0 unspecified atom stereocenters. The van der Waals surface area contributed by atoms with Crippen molar-refractivity contribution >= 4 is 40.0 Å². The highest BCUT2D eigenvalue weighted by molar-refractivity contribution is 8.00. The predicted octanol–water partition coefficient (Wildman–Crippen LogP) is 5.06. The average molecular weight is 473 g/mol. The van der Waals surface area contributed by atoms with Gasteiger partial charge in [-0.2, -0.15) is 0 Å². The highest BCUT2D eigenvalue weighted by Gasteiger charge is 2.24. The van der Waals surface area contributed by atoms with E-state index in [0.29, 0.717) is 27.2 Å². The second kappa shape index (κ2) is 11.2. The van der Waals surface area contributed by atoms with Gasteiger partial charge in [0.05, 0.1) is 0 Å². The Morgan fingerprint density at radius 3 is 2.50 bits per heavy atom. The standard InChI is InChI=1S/C23H25FN4O2S2/c1-14(2)12-19(25-20(29)18-7-5-4-6-15(18)3)21(30)26-22-27-28-23(32-22)31-13-16-8-10-17(24)11-9-16/h4-11,14,19H,12-13H2,1-3H3,(H,25,29)(H,26,27,30)/t19-/m0/s1. The van der Waals surface area contributed by atoms with Crippen LogP contribution < -0.4 is 10.6 Å². The molecule has 168 valence electrons. The fraction of sp³-hybridized carbons (Fsp3) is 0.304. The number of carbonyl (C=O) groups excluding carboxylic acids is 2. The molecule has 3 aromatic rings. The minimum absolute atomic E-state index is 0.208. The van der Waals surface area contributed by atoms with Gasteiger partial charge < -0.3 is 5.32 Å². The normalized spacial score (nSPS) is 11.9. The third kappa shape index (κ3) is 6.86. The zero-order valence-electron chi connectivity index (χ0n) is 18.1. The molecule has 2 N–H and O–H groups in total. The fourth-order valence-electron chi connectivity index (χ4n) is 3.00. The highest BCUT2D eigenvalue weighted by Crippen LogP contribution is 2.28. The number of aryl methyl sites for hydroxylation is 1. The maximum atomic E-state index is 13.0. The Kier molecular flexibility index (Phi) is 8.35. The minimum Gasteiger partial charge on any atom is -0.340 e. The van der Waals surface area contributed by atoms with Crippen molar-refractivity contribution in [1.82, 2.24) is 15.5 Å². The molecule has 0 aliphatic heterocycles. The lowest BCUT2D eigenvalue weighted by Crippen LogP contribution is -2.44. The van der Waals surface area contributed by atoms with E-state index in [1.54, 1.807) is 24.3 Å². The van der Waals surface area contributed by atoms with E-state index in [1.807, 2.05) is 32.9 Å². The van der Waals surface area contributed by atoms with E-state index in [1.165, 1.54) is 35.2 Å². The van der Waals surface area contributed by atoms with E-state index in [2.05, 4.69) is 20.8 Å². The van der Waals surface area contributed by atoms with Crippen LogP contribution in [0.4, 0.5) is 9.52 Å². The lowest BCUT2D eigenvalue weighted by atomic mass is 10.0. The number of thioether (sulfide) groups is 1. The Bertz CT molecular complexity index is 1070. The molecule has 2 aromatic carbocycles. The fourth-order valence-corrected chi connectivity index (χ4v) is 4.71. The number of nitrogens with zero attached hydrogens (tertiary/aromatic N) is 2. The van der Waals surface area contributed by atoms with Crippen molar-refractivity contribution in [2.45, 2.75) is 43.3 Å². The smallest absolute Gasteiger partial charge is 0.252 e. The largest absolute Gasteiger partial charge is 0.340 e. The molecule has 9 heteroatoms. The number of rotatable bonds is 9. The topological polar surface area (TPSA) is 84.0 Å². The van der Waals surface area contributed by atoms with Gasteiger partial charge in [-0.1, -0.05) is 67.3 Å². The first-order chi connectivity index (χ1) is 15.3. The number of hydrogen-bond donors (Lipinski definition) is 2. The average Bonchev–Trinajstić information content (AvgIpc) is 3.20. The van der Waals surface area contributed by atoms with Crippen molar-refractivity contribution in [3.05, 3.63) is 71.0 Å². The maximum Gasteiger partial charge on any atom is 0.252 e. The van der Waals surface area contributed by atoms with E-state index >= 15 is 0 Å². The molecule has 1 atom stereocenters. The summed E-state index contributed by atoms with van der Waals surface area (Å²) < 4.78 is 13.7. The Balaban J connectivity index is 1.61. The summed E-state index contributed by atoms with van der Waals surface area (Å²) in [6.07, 6.45) is 0.494. The number of nitrogens with one attached hydrogen (secondary N) is 2. The first-order valence-corrected chi connectivity index (χ1v) is 12.0. The van der Waals surface area contributed by atoms with Crippen LogP contribution in [-0.2, 0) is 10.5 Å². The molecule has 0 fully saturated rings. The number of aromatic nitrogens is 2. The van der Waals surface area contributed by atoms with Crippen molar-refractivity contribution in [1.29, 1.82) is 0 Å². The van der Waals surface area contributed by atoms with Crippen LogP contribution in [0.15, 0.2) is 52.9 Å². The molecule has 0 aliphatic rings. The molecule has 0 radical (unpaired) electrons. The van der Waals surface area contributed by atoms with Crippen molar-refractivity contribution in [2.75, 3.05) is 5.32 Å². The van der Waals surface area contributed by atoms with Gasteiger partial charge >= 0.3 is 0 Å². The maximum absolute atomic E-state index is 13.0. The van der Waals surface area contributed by atoms with Crippen LogP contribution in [0.25, 0.3) is 0 Å². The number of benzene rings is 2. The molecule has 0 saturated carbocycles. The number of carbonyl (C=O) groups is 2. The number of hydrogen-bond acceptors (Lipinski definition) is 6. The van der Waals surface area contributed by atoms with Crippen molar-refractivity contribution in [3.8, 4) is 0 Å². The third-order valence-corrected chi connectivity index (χ3v) is 6.67. The van der Waals surface area contributed by atoms with Gasteiger partial charge in [0.1, 0.15) is 11.9 Å². The summed E-state index contributed by atoms with van der Waals surface area (Å²) in [5, 5.41) is 14.1. The summed E-state index contributed by atoms with van der Waals surface area (Å²) in [6.45, 7) is 5.85. The van der Waals surface area contributed by atoms with E-state index in [0.717, 1.165) is 11.1 Å². The van der Waals surface area contributed by atoms with Crippen molar-refractivity contribution in [3.63, 3.8) is 0 Å². The second-order valence-electron chi connectivity index (χ2n) is 7.75. The van der Waals surface area contributed by atoms with Crippen LogP contribution in [0.5, 0.6) is 0 Å². The summed E-state index contributed by atoms with van der Waals surface area (Å²) >= 11 is 2.72. The SMILES string of the molecule is Cc1ccccc1C(=O)N[C@@H](CC(C)C)C(=O)Nc1nnc(SCc2ccc(F)cc2)s1. The lowest BCUT2D eigenvalue weighted by molar-refractivity contribution is -0.118. The van der Waals surface area contributed by atoms with Crippen LogP contribution in [0.1, 0.15) is 41.8 Å². The summed E-state index contributed by atoms with van der Waals surface area (Å²) in [5.74, 6) is -0.0569. The predicted molar refractivity (Wildman–Crippen MR) is 126 cm³/mol. The van der Waals surface area contributed by atoms with Crippen LogP contribution in [-0.4, -0.2) is 28.1 Å². The molecule has 3 rings (SSSR count). The summed E-state index contributed by atoms with van der Waals surface area (Å²) in [6, 6.07) is 12.9. The first-order valence-electron chi connectivity index (χ1n) is 10.2. The third-order valence-electron chi connectivity index (χ3n) is 4.63. The van der Waals surface area contributed by atoms with Gasteiger partial charge in [0.25, 0.3) is 5.91 Å². The van der Waals surface area contributed by atoms with Gasteiger partial charge in [0.15, 0.2) is 4.34 Å². The Morgan fingerprint density at radius 1 is 1.09 bits per heavy atom. The van der Waals surface area contributed by atoms with Gasteiger partial charge in [-0.15, -0.1) is 10.2 Å². The van der Waals surface area contributed by atoms with E-state index in [4.69, 9.17) is 0 Å². The van der Waals surface area contributed by atoms with Gasteiger partial charge in [-0.3, -0.25) is 14.9 Å². The van der Waals surface area contributed by atoms with Crippen LogP contribution in [0.2, 0.25) is 0 Å². The monoisotopic (exact) mass is 472 g/mol. The molecule has 0 bridgehead atoms. The molecular weight excluding hydrogens is 447 g/mol. The Labute approximate surface area is 195 Å². The molecule has 6 nitrogen and oxygen atoms in total. The zero-order chi connectivity index (χ0) is 23.1. The number of anilines is 1. The molecule has 0 saturated heterocycles. The zero-order valence-corrected chi connectivity index (χ0v) is 19.7. The Morgan fingerprint density at radius 2 is 1.81 bits per heavy atom. The molecule has 0 spiro atoms. The molecular formula is C23H25FN4O2S2. The lowest BCUT2D eigenvalue weighted by Gasteiger charge is -2.20. The molecule has 2 amide bonds. The molecule has 1 aromatic heterocycles. The first kappa shape index (κ1) is 23.9. The van der Waals surface area contributed by atoms with Crippen LogP contribution in [0.3, 0.4) is 0 Å². The van der Waals surface area contributed by atoms with E-state index in [9.17, 15) is 14.0 Å².